The van der Waals surface area contributed by atoms with E-state index in [4.69, 9.17) is 34.5 Å². The minimum Gasteiger partial charge on any atom is -0.481 e. The highest BCUT2D eigenvalue weighted by Gasteiger charge is 2.40. The number of hydrogen-bond acceptors (Lipinski definition) is 13. The first kappa shape index (κ1) is 58.1. The van der Waals surface area contributed by atoms with Crippen molar-refractivity contribution in [3.63, 3.8) is 0 Å². The van der Waals surface area contributed by atoms with Crippen LogP contribution in [0.25, 0.3) is 0 Å². The molecule has 376 valence electrons. The Morgan fingerprint density at radius 3 is 1.39 bits per heavy atom. The number of aromatic carboxylic acids is 1. The molecular weight excluding hydrogens is 889 g/mol. The number of benzene rings is 2. The Hall–Kier alpha value is -6.98. The van der Waals surface area contributed by atoms with E-state index in [1.54, 1.807) is 106 Å². The van der Waals surface area contributed by atoms with Gasteiger partial charge in [-0.15, -0.1) is 0 Å². The summed E-state index contributed by atoms with van der Waals surface area (Å²) in [5, 5.41) is 16.6. The van der Waals surface area contributed by atoms with Gasteiger partial charge in [0.2, 0.25) is 0 Å². The number of nitrogens with one attached hydrogen (secondary N) is 3. The molecule has 0 unspecified atom stereocenters. The van der Waals surface area contributed by atoms with Gasteiger partial charge >= 0.3 is 30.1 Å². The maximum absolute atomic E-state index is 12.8. The van der Waals surface area contributed by atoms with Crippen molar-refractivity contribution >= 4 is 36.0 Å². The van der Waals surface area contributed by atoms with Crippen LogP contribution in [0, 0.1) is 23.7 Å². The summed E-state index contributed by atoms with van der Waals surface area (Å²) in [7, 11) is 2.45. The summed E-state index contributed by atoms with van der Waals surface area (Å²) in [5.41, 5.74) is 5.13. The first-order chi connectivity index (χ1) is 32.2. The first-order valence-corrected chi connectivity index (χ1v) is 22.5. The summed E-state index contributed by atoms with van der Waals surface area (Å²) in [5.74, 6) is 10.6. The van der Waals surface area contributed by atoms with Crippen LogP contribution in [0.4, 0.5) is 9.59 Å². The molecule has 17 heteroatoms. The Kier molecular flexibility index (Phi) is 22.9. The molecule has 0 fully saturated rings. The van der Waals surface area contributed by atoms with Crippen LogP contribution in [-0.2, 0) is 28.5 Å². The molecule has 0 saturated carbocycles. The van der Waals surface area contributed by atoms with E-state index in [1.807, 2.05) is 0 Å². The zero-order valence-electron chi connectivity index (χ0n) is 42.0. The lowest BCUT2D eigenvalue weighted by atomic mass is 9.94. The highest BCUT2D eigenvalue weighted by molar-refractivity contribution is 5.97. The number of esters is 2. The van der Waals surface area contributed by atoms with Gasteiger partial charge in [0, 0.05) is 5.56 Å². The van der Waals surface area contributed by atoms with Crippen molar-refractivity contribution in [1.82, 2.24) is 16.0 Å². The summed E-state index contributed by atoms with van der Waals surface area (Å²) in [6, 6.07) is 10.7. The SMILES string of the molecule is COC(=O)[C@@H](N)C(C)(C)NC(=O)OC(C)(C)C.COC(=O)[C@@H](NC(=O)c1ccc(OCC#CC2=CCCC2)cc1)C(C)(C)NC(=O)OC(C)(C)C.O=C(O)c1ccc(OCC#CC2=CCCC2)cc1. The Morgan fingerprint density at radius 1 is 0.623 bits per heavy atom. The van der Waals surface area contributed by atoms with Gasteiger partial charge in [-0.1, -0.05) is 35.8 Å². The predicted octanol–water partition coefficient (Wildman–Crippen LogP) is 7.42. The second-order valence-electron chi connectivity index (χ2n) is 18.9. The van der Waals surface area contributed by atoms with Gasteiger partial charge in [0.25, 0.3) is 5.91 Å². The van der Waals surface area contributed by atoms with Crippen molar-refractivity contribution in [2.45, 2.75) is 142 Å². The van der Waals surface area contributed by atoms with Gasteiger partial charge in [0.05, 0.1) is 30.9 Å². The molecule has 0 aliphatic heterocycles. The molecule has 4 rings (SSSR count). The van der Waals surface area contributed by atoms with Gasteiger partial charge in [-0.3, -0.25) is 9.59 Å². The Bertz CT molecular complexity index is 2260. The molecule has 2 aliphatic carbocycles. The third-order valence-electron chi connectivity index (χ3n) is 9.73. The van der Waals surface area contributed by atoms with Crippen molar-refractivity contribution in [3.05, 3.63) is 83.0 Å². The highest BCUT2D eigenvalue weighted by atomic mass is 16.6. The minimum atomic E-state index is -1.19. The third-order valence-corrected chi connectivity index (χ3v) is 9.73. The van der Waals surface area contributed by atoms with E-state index in [2.05, 4.69) is 56.5 Å². The molecule has 0 saturated heterocycles. The van der Waals surface area contributed by atoms with Gasteiger partial charge in [-0.2, -0.15) is 0 Å². The van der Waals surface area contributed by atoms with Crippen molar-refractivity contribution < 1.29 is 62.3 Å². The fraction of sp³-hybridized carbons (Fsp3) is 0.500. The van der Waals surface area contributed by atoms with E-state index in [9.17, 15) is 28.8 Å². The van der Waals surface area contributed by atoms with Gasteiger partial charge < -0.3 is 55.2 Å². The lowest BCUT2D eigenvalue weighted by Gasteiger charge is -2.34. The molecule has 2 aromatic rings. The quantitative estimate of drug-likeness (QED) is 0.0746. The number of carbonyl (C=O) groups excluding carboxylic acids is 5. The number of rotatable bonds is 13. The van der Waals surface area contributed by atoms with E-state index < -0.39 is 70.4 Å². The first-order valence-electron chi connectivity index (χ1n) is 22.5. The fourth-order valence-electron chi connectivity index (χ4n) is 6.07. The molecule has 0 heterocycles. The third kappa shape index (κ3) is 22.6. The van der Waals surface area contributed by atoms with Crippen LogP contribution < -0.4 is 31.2 Å². The van der Waals surface area contributed by atoms with Crippen LogP contribution in [0.1, 0.15) is 128 Å². The second-order valence-corrected chi connectivity index (χ2v) is 18.9. The molecule has 69 heavy (non-hydrogen) atoms. The van der Waals surface area contributed by atoms with E-state index >= 15 is 0 Å². The number of ether oxygens (including phenoxy) is 6. The van der Waals surface area contributed by atoms with Gasteiger partial charge in [0.1, 0.15) is 48.0 Å². The monoisotopic (exact) mass is 958 g/mol. The summed E-state index contributed by atoms with van der Waals surface area (Å²) < 4.78 is 30.7. The van der Waals surface area contributed by atoms with E-state index in [0.717, 1.165) is 37.7 Å². The largest absolute Gasteiger partial charge is 0.481 e. The molecule has 0 spiro atoms. The molecule has 0 bridgehead atoms. The highest BCUT2D eigenvalue weighted by Crippen LogP contribution is 2.20. The van der Waals surface area contributed by atoms with Crippen LogP contribution in [0.2, 0.25) is 0 Å². The second kappa shape index (κ2) is 27.1. The Labute approximate surface area is 406 Å². The van der Waals surface area contributed by atoms with Crippen molar-refractivity contribution in [1.29, 1.82) is 0 Å². The van der Waals surface area contributed by atoms with Crippen molar-refractivity contribution in [3.8, 4) is 35.2 Å². The summed E-state index contributed by atoms with van der Waals surface area (Å²) >= 11 is 0. The molecule has 2 atom stereocenters. The summed E-state index contributed by atoms with van der Waals surface area (Å²) in [4.78, 5) is 71.0. The summed E-state index contributed by atoms with van der Waals surface area (Å²) in [6.45, 7) is 17.4. The number of alkyl carbamates (subject to hydrolysis) is 2. The number of carbonyl (C=O) groups is 6. The predicted molar refractivity (Wildman–Crippen MR) is 260 cm³/mol. The maximum atomic E-state index is 12.8. The maximum Gasteiger partial charge on any atom is 0.408 e. The van der Waals surface area contributed by atoms with Crippen LogP contribution in [0.5, 0.6) is 11.5 Å². The normalized spacial score (nSPS) is 13.9. The molecule has 0 radical (unpaired) electrons. The molecule has 2 aliphatic rings. The number of carboxylic acid groups (broad SMARTS) is 1. The van der Waals surface area contributed by atoms with E-state index in [-0.39, 0.29) is 12.2 Å². The molecule has 2 aromatic carbocycles. The smallest absolute Gasteiger partial charge is 0.408 e. The summed E-state index contributed by atoms with van der Waals surface area (Å²) in [6.07, 6.45) is 9.62. The number of carboxylic acids is 1. The van der Waals surface area contributed by atoms with Crippen LogP contribution in [-0.4, -0.2) is 103 Å². The number of amides is 3. The Balaban J connectivity index is 0.000000392. The number of nitrogens with two attached hydrogens (primary N) is 1. The molecular formula is C52H70N4O13. The van der Waals surface area contributed by atoms with E-state index in [0.29, 0.717) is 23.7 Å². The minimum absolute atomic E-state index is 0.248. The standard InChI is InChI=1S/C26H34N2O6.C15H14O3.C11H22N2O4/c1-25(2,3)34-24(31)28-26(4,5)21(23(30)32-6)27-22(29)19-13-15-20(16-14-19)33-17-9-12-18-10-7-8-11-18;16-15(17)13-7-9-14(10-8-13)18-11-3-6-12-4-1-2-5-12;1-10(2,3)17-9(15)13-11(4,5)7(12)8(14)16-6/h10,13-16,21H,7-8,11,17H2,1-6H3,(H,27,29)(H,28,31);4,7-10H,1-2,5,11H2,(H,16,17);7H,12H2,1-6H3,(H,13,15)/t21-;;7-/m1.1/s1. The lowest BCUT2D eigenvalue weighted by Crippen LogP contribution is -2.62. The van der Waals surface area contributed by atoms with Gasteiger partial charge in [0.15, 0.2) is 0 Å². The molecule has 0 aromatic heterocycles. The molecule has 17 nitrogen and oxygen atoms in total. The Morgan fingerprint density at radius 2 is 1.03 bits per heavy atom. The fourth-order valence-corrected chi connectivity index (χ4v) is 6.07. The van der Waals surface area contributed by atoms with Crippen LogP contribution in [0.15, 0.2) is 71.8 Å². The van der Waals surface area contributed by atoms with Crippen LogP contribution >= 0.6 is 0 Å². The molecule has 6 N–H and O–H groups in total. The van der Waals surface area contributed by atoms with Crippen LogP contribution in [0.3, 0.4) is 0 Å². The van der Waals surface area contributed by atoms with Gasteiger partial charge in [-0.05, 0) is 167 Å². The number of methoxy groups -OCH3 is 2. The zero-order chi connectivity index (χ0) is 52.0. The average molecular weight is 959 g/mol. The van der Waals surface area contributed by atoms with E-state index in [1.165, 1.54) is 38.3 Å². The zero-order valence-corrected chi connectivity index (χ0v) is 42.0. The van der Waals surface area contributed by atoms with Crippen molar-refractivity contribution in [2.75, 3.05) is 27.4 Å². The van der Waals surface area contributed by atoms with Crippen molar-refractivity contribution in [2.24, 2.45) is 5.73 Å². The lowest BCUT2D eigenvalue weighted by molar-refractivity contribution is -0.145. The van der Waals surface area contributed by atoms with Gasteiger partial charge in [-0.25, -0.2) is 19.2 Å². The average Bonchev–Trinajstić information content (AvgIpc) is 3.99. The number of hydrogen-bond donors (Lipinski definition) is 5. The number of allylic oxidation sites excluding steroid dienone is 4. The topological polar surface area (TPSA) is 240 Å². The molecule has 3 amide bonds.